The highest BCUT2D eigenvalue weighted by atomic mass is 32.2. The van der Waals surface area contributed by atoms with E-state index in [1.165, 1.54) is 0 Å². The molecular weight excluding hydrogens is 390 g/mol. The van der Waals surface area contributed by atoms with E-state index >= 15 is 0 Å². The summed E-state index contributed by atoms with van der Waals surface area (Å²) in [4.78, 5) is 8.35. The summed E-state index contributed by atoms with van der Waals surface area (Å²) in [6.07, 6.45) is 3.90. The Kier molecular flexibility index (Phi) is 4.70. The maximum Gasteiger partial charge on any atom is 0.315 e. The average Bonchev–Trinajstić information content (AvgIpc) is 3.26. The maximum absolute atomic E-state index is 11.9. The minimum atomic E-state index is -3.50. The first-order valence-corrected chi connectivity index (χ1v) is 11.1. The lowest BCUT2D eigenvalue weighted by molar-refractivity contribution is 0.574. The second kappa shape index (κ2) is 7.07. The lowest BCUT2D eigenvalue weighted by Crippen LogP contribution is -2.09. The van der Waals surface area contributed by atoms with E-state index in [1.54, 1.807) is 13.0 Å². The second-order valence-corrected chi connectivity index (χ2v) is 9.26. The molecule has 0 fully saturated rings. The Bertz CT molecular complexity index is 1230. The largest absolute Gasteiger partial charge is 0.403 e. The molecule has 3 aromatic rings. The second-order valence-electron chi connectivity index (χ2n) is 7.35. The number of hydrogen-bond donors (Lipinski definition) is 1. The Hall–Kier alpha value is -3.07. The molecule has 0 amide bonds. The maximum atomic E-state index is 11.9. The van der Waals surface area contributed by atoms with Gasteiger partial charge in [0.25, 0.3) is 0 Å². The third kappa shape index (κ3) is 3.91. The van der Waals surface area contributed by atoms with Crippen molar-refractivity contribution in [2.45, 2.75) is 38.4 Å². The van der Waals surface area contributed by atoms with E-state index in [0.717, 1.165) is 34.9 Å². The molecule has 0 bridgehead atoms. The van der Waals surface area contributed by atoms with Gasteiger partial charge < -0.3 is 9.73 Å². The van der Waals surface area contributed by atoms with Crippen LogP contribution in [0.1, 0.15) is 36.4 Å². The first-order valence-electron chi connectivity index (χ1n) is 9.20. The van der Waals surface area contributed by atoms with Gasteiger partial charge in [0.2, 0.25) is 20.9 Å². The van der Waals surface area contributed by atoms with E-state index in [-0.39, 0.29) is 11.2 Å². The van der Waals surface area contributed by atoms with Gasteiger partial charge in [-0.05, 0) is 56.5 Å². The highest BCUT2D eigenvalue weighted by Gasteiger charge is 2.22. The van der Waals surface area contributed by atoms with Crippen LogP contribution < -0.4 is 5.32 Å². The predicted octanol–water partition coefficient (Wildman–Crippen LogP) is 3.05. The quantitative estimate of drug-likeness (QED) is 0.638. The van der Waals surface area contributed by atoms with Crippen molar-refractivity contribution in [2.24, 2.45) is 0 Å². The SMILES string of the molecule is Cc1cc(C2=CCc3ccc(-c4nnc(NC(C)C)o4)cc32)nc(S(C)(=O)=O)n1. The topological polar surface area (TPSA) is 111 Å². The lowest BCUT2D eigenvalue weighted by atomic mass is 10.00. The van der Waals surface area contributed by atoms with Crippen molar-refractivity contribution >= 4 is 21.4 Å². The zero-order valence-corrected chi connectivity index (χ0v) is 17.4. The van der Waals surface area contributed by atoms with Gasteiger partial charge in [0.1, 0.15) is 0 Å². The molecule has 0 spiro atoms. The van der Waals surface area contributed by atoms with Gasteiger partial charge in [-0.1, -0.05) is 17.2 Å². The molecule has 2 aromatic heterocycles. The number of nitrogens with one attached hydrogen (secondary N) is 1. The van der Waals surface area contributed by atoms with Crippen molar-refractivity contribution in [1.82, 2.24) is 20.2 Å². The lowest BCUT2D eigenvalue weighted by Gasteiger charge is -2.09. The molecule has 0 saturated carbocycles. The summed E-state index contributed by atoms with van der Waals surface area (Å²) >= 11 is 0. The van der Waals surface area contributed by atoms with Crippen molar-refractivity contribution < 1.29 is 12.8 Å². The molecule has 0 saturated heterocycles. The van der Waals surface area contributed by atoms with Crippen LogP contribution in [-0.4, -0.2) is 40.9 Å². The van der Waals surface area contributed by atoms with Gasteiger partial charge in [0.15, 0.2) is 0 Å². The van der Waals surface area contributed by atoms with Crippen molar-refractivity contribution in [3.63, 3.8) is 0 Å². The summed E-state index contributed by atoms with van der Waals surface area (Å²) in [6.45, 7) is 5.74. The number of aryl methyl sites for hydroxylation is 1. The molecule has 0 atom stereocenters. The van der Waals surface area contributed by atoms with Gasteiger partial charge in [-0.3, -0.25) is 0 Å². The fourth-order valence-corrected chi connectivity index (χ4v) is 3.77. The van der Waals surface area contributed by atoms with Crippen molar-refractivity contribution in [3.8, 4) is 11.5 Å². The Balaban J connectivity index is 1.73. The minimum absolute atomic E-state index is 0.167. The number of benzene rings is 1. The van der Waals surface area contributed by atoms with Crippen LogP contribution in [0.4, 0.5) is 6.01 Å². The summed E-state index contributed by atoms with van der Waals surface area (Å²) in [5.41, 5.74) is 4.94. The molecule has 2 heterocycles. The molecule has 150 valence electrons. The third-order valence-electron chi connectivity index (χ3n) is 4.45. The molecule has 1 aliphatic rings. The van der Waals surface area contributed by atoms with E-state index in [0.29, 0.717) is 23.3 Å². The fraction of sp³-hybridized carbons (Fsp3) is 0.300. The van der Waals surface area contributed by atoms with Crippen molar-refractivity contribution in [1.29, 1.82) is 0 Å². The van der Waals surface area contributed by atoms with Crippen LogP contribution in [0, 0.1) is 6.92 Å². The molecule has 1 aliphatic carbocycles. The van der Waals surface area contributed by atoms with Crippen LogP contribution in [-0.2, 0) is 16.3 Å². The number of aromatic nitrogens is 4. The minimum Gasteiger partial charge on any atom is -0.403 e. The van der Waals surface area contributed by atoms with Gasteiger partial charge in [-0.25, -0.2) is 18.4 Å². The van der Waals surface area contributed by atoms with E-state index in [4.69, 9.17) is 4.42 Å². The molecular formula is C20H21N5O3S. The van der Waals surface area contributed by atoms with Gasteiger partial charge in [0, 0.05) is 29.1 Å². The predicted molar refractivity (Wildman–Crippen MR) is 109 cm³/mol. The van der Waals surface area contributed by atoms with Gasteiger partial charge in [-0.2, -0.15) is 0 Å². The van der Waals surface area contributed by atoms with Crippen LogP contribution in [0.25, 0.3) is 17.0 Å². The molecule has 1 N–H and O–H groups in total. The Morgan fingerprint density at radius 3 is 2.66 bits per heavy atom. The first-order chi connectivity index (χ1) is 13.7. The van der Waals surface area contributed by atoms with Gasteiger partial charge >= 0.3 is 6.01 Å². The Morgan fingerprint density at radius 1 is 1.14 bits per heavy atom. The van der Waals surface area contributed by atoms with Crippen molar-refractivity contribution in [2.75, 3.05) is 11.6 Å². The number of allylic oxidation sites excluding steroid dienone is 1. The highest BCUT2D eigenvalue weighted by Crippen LogP contribution is 2.35. The normalized spacial score (nSPS) is 13.5. The molecule has 4 rings (SSSR count). The van der Waals surface area contributed by atoms with Crippen molar-refractivity contribution in [3.05, 3.63) is 52.9 Å². The zero-order valence-electron chi connectivity index (χ0n) is 16.6. The number of fused-ring (bicyclic) bond motifs is 1. The fourth-order valence-electron chi connectivity index (χ4n) is 3.19. The van der Waals surface area contributed by atoms with Gasteiger partial charge in [0.05, 0.1) is 5.69 Å². The Morgan fingerprint density at radius 2 is 1.93 bits per heavy atom. The molecule has 8 nitrogen and oxygen atoms in total. The monoisotopic (exact) mass is 411 g/mol. The summed E-state index contributed by atoms with van der Waals surface area (Å²) in [6, 6.07) is 8.27. The number of anilines is 1. The first kappa shape index (κ1) is 19.3. The summed E-state index contributed by atoms with van der Waals surface area (Å²) in [5, 5.41) is 11.1. The molecule has 0 radical (unpaired) electrons. The zero-order chi connectivity index (χ0) is 20.8. The average molecular weight is 411 g/mol. The summed E-state index contributed by atoms with van der Waals surface area (Å²) in [5.74, 6) is 0.415. The Labute approximate surface area is 169 Å². The van der Waals surface area contributed by atoms with Crippen LogP contribution in [0.15, 0.2) is 39.9 Å². The molecule has 29 heavy (non-hydrogen) atoms. The van der Waals surface area contributed by atoms with Gasteiger partial charge in [-0.15, -0.1) is 5.10 Å². The number of hydrogen-bond acceptors (Lipinski definition) is 8. The van der Waals surface area contributed by atoms with E-state index in [1.807, 2.05) is 38.1 Å². The molecule has 0 aliphatic heterocycles. The summed E-state index contributed by atoms with van der Waals surface area (Å²) < 4.78 is 29.6. The molecule has 1 aromatic carbocycles. The van der Waals surface area contributed by atoms with E-state index < -0.39 is 9.84 Å². The third-order valence-corrected chi connectivity index (χ3v) is 5.30. The molecule has 0 unspecified atom stereocenters. The van der Waals surface area contributed by atoms with Crippen LogP contribution in [0.5, 0.6) is 0 Å². The molecule has 9 heteroatoms. The number of rotatable bonds is 5. The smallest absolute Gasteiger partial charge is 0.315 e. The van der Waals surface area contributed by atoms with Crippen LogP contribution in [0.2, 0.25) is 0 Å². The standard InChI is InChI=1S/C20H21N5O3S/c1-11(2)21-19-25-24-18(28-19)14-6-5-13-7-8-15(16(13)10-14)17-9-12(3)22-20(23-17)29(4,26)27/h5-6,8-11H,7H2,1-4H3,(H,21,25). The van der Waals surface area contributed by atoms with Crippen LogP contribution >= 0.6 is 0 Å². The van der Waals surface area contributed by atoms with E-state index in [2.05, 4.69) is 25.5 Å². The van der Waals surface area contributed by atoms with Crippen LogP contribution in [0.3, 0.4) is 0 Å². The van der Waals surface area contributed by atoms with E-state index in [9.17, 15) is 8.42 Å². The number of sulfone groups is 1. The number of nitrogens with zero attached hydrogens (tertiary/aromatic N) is 4. The highest BCUT2D eigenvalue weighted by molar-refractivity contribution is 7.90. The summed E-state index contributed by atoms with van der Waals surface area (Å²) in [7, 11) is -3.50.